The largest absolute Gasteiger partial charge is 0.573 e. The van der Waals surface area contributed by atoms with E-state index in [0.29, 0.717) is 0 Å². The number of rotatable bonds is 3. The highest BCUT2D eigenvalue weighted by Crippen LogP contribution is 2.31. The van der Waals surface area contributed by atoms with Gasteiger partial charge in [-0.15, -0.1) is 24.8 Å². The molecule has 9 heteroatoms. The second-order valence-corrected chi connectivity index (χ2v) is 4.13. The van der Waals surface area contributed by atoms with Crippen molar-refractivity contribution in [3.05, 3.63) is 21.0 Å². The lowest BCUT2D eigenvalue weighted by Crippen LogP contribution is -2.21. The molecule has 0 atom stereocenters. The van der Waals surface area contributed by atoms with Crippen LogP contribution in [0, 0.1) is 3.70 Å². The summed E-state index contributed by atoms with van der Waals surface area (Å²) in [7, 11) is 0. The van der Waals surface area contributed by atoms with Gasteiger partial charge in [0.05, 0.1) is 11.6 Å². The van der Waals surface area contributed by atoms with Crippen LogP contribution >= 0.6 is 34.2 Å². The quantitative estimate of drug-likeness (QED) is 0.497. The van der Waals surface area contributed by atoms with E-state index in [9.17, 15) is 18.0 Å². The van der Waals surface area contributed by atoms with Crippen molar-refractivity contribution in [2.75, 3.05) is 0 Å². The van der Waals surface area contributed by atoms with Crippen molar-refractivity contribution in [1.29, 1.82) is 0 Å². The second kappa shape index (κ2) is 5.25. The molecule has 1 aromatic heterocycles. The summed E-state index contributed by atoms with van der Waals surface area (Å²) >= 11 is 7.08. The van der Waals surface area contributed by atoms with Crippen molar-refractivity contribution in [2.45, 2.75) is 12.2 Å². The van der Waals surface area contributed by atoms with Crippen LogP contribution in [0.4, 0.5) is 13.2 Å². The number of hydrogen-bond acceptors (Lipinski definition) is 3. The maximum atomic E-state index is 12.1. The van der Waals surface area contributed by atoms with Gasteiger partial charge in [0.1, 0.15) is 9.26 Å². The maximum Gasteiger partial charge on any atom is 0.573 e. The molecule has 0 aromatic carbocycles. The number of aromatic carboxylic acids is 1. The van der Waals surface area contributed by atoms with Crippen molar-refractivity contribution in [3.8, 4) is 5.75 Å². The summed E-state index contributed by atoms with van der Waals surface area (Å²) in [4.78, 5) is 14.5. The number of hydrogen-bond donors (Lipinski definition) is 1. The van der Waals surface area contributed by atoms with Gasteiger partial charge in [0.25, 0.3) is 0 Å². The lowest BCUT2D eigenvalue weighted by Gasteiger charge is -2.14. The predicted octanol–water partition coefficient (Wildman–Crippen LogP) is 3.02. The summed E-state index contributed by atoms with van der Waals surface area (Å²) < 4.78 is 40.2. The zero-order chi connectivity index (χ0) is 13.2. The van der Waals surface area contributed by atoms with Gasteiger partial charge in [-0.05, 0) is 28.7 Å². The van der Waals surface area contributed by atoms with Crippen LogP contribution in [0.3, 0.4) is 0 Å². The smallest absolute Gasteiger partial charge is 0.478 e. The molecule has 1 aromatic rings. The Kier molecular flexibility index (Phi) is 4.42. The Labute approximate surface area is 112 Å². The fraction of sp³-hybridized carbons (Fsp3) is 0.250. The van der Waals surface area contributed by atoms with Gasteiger partial charge in [-0.3, -0.25) is 0 Å². The van der Waals surface area contributed by atoms with Crippen LogP contribution in [0.25, 0.3) is 0 Å². The summed E-state index contributed by atoms with van der Waals surface area (Å²) in [6.45, 7) is 0. The minimum atomic E-state index is -5.00. The van der Waals surface area contributed by atoms with E-state index >= 15 is 0 Å². The Hall–Kier alpha value is -0.770. The molecule has 94 valence electrons. The Bertz CT molecular complexity index is 452. The van der Waals surface area contributed by atoms with E-state index in [1.54, 1.807) is 22.6 Å². The first-order chi connectivity index (χ1) is 7.74. The highest BCUT2D eigenvalue weighted by molar-refractivity contribution is 14.1. The third kappa shape index (κ3) is 3.87. The Morgan fingerprint density at radius 1 is 1.59 bits per heavy atom. The van der Waals surface area contributed by atoms with Crippen molar-refractivity contribution < 1.29 is 27.8 Å². The molecule has 17 heavy (non-hydrogen) atoms. The van der Waals surface area contributed by atoms with Gasteiger partial charge in [-0.2, -0.15) is 0 Å². The molecule has 0 amide bonds. The first-order valence-electron chi connectivity index (χ1n) is 3.99. The van der Waals surface area contributed by atoms with Gasteiger partial charge in [-0.25, -0.2) is 9.78 Å². The highest BCUT2D eigenvalue weighted by Gasteiger charge is 2.34. The number of carboxylic acids is 1. The summed E-state index contributed by atoms with van der Waals surface area (Å²) in [5.74, 6) is -2.81. The van der Waals surface area contributed by atoms with E-state index in [-0.39, 0.29) is 15.3 Å². The number of ether oxygens (including phenoxy) is 1. The first-order valence-corrected chi connectivity index (χ1v) is 5.60. The van der Waals surface area contributed by atoms with E-state index in [1.165, 1.54) is 0 Å². The molecule has 0 spiro atoms. The maximum absolute atomic E-state index is 12.1. The topological polar surface area (TPSA) is 59.4 Å². The van der Waals surface area contributed by atoms with Crippen molar-refractivity contribution in [3.63, 3.8) is 0 Å². The second-order valence-electron chi connectivity index (χ2n) is 2.75. The van der Waals surface area contributed by atoms with Crippen LogP contribution in [-0.4, -0.2) is 22.4 Å². The van der Waals surface area contributed by atoms with Crippen LogP contribution in [0.15, 0.2) is 6.07 Å². The SMILES string of the molecule is O=C(O)c1cc(I)nc(CCl)c1OC(F)(F)F. The molecular formula is C8H4ClF3INO3. The summed E-state index contributed by atoms with van der Waals surface area (Å²) in [6.07, 6.45) is -5.00. The molecule has 1 N–H and O–H groups in total. The summed E-state index contributed by atoms with van der Waals surface area (Å²) in [5.41, 5.74) is -0.898. The monoisotopic (exact) mass is 381 g/mol. The van der Waals surface area contributed by atoms with Gasteiger partial charge < -0.3 is 9.84 Å². The molecule has 0 aliphatic rings. The number of halogens is 5. The van der Waals surface area contributed by atoms with Crippen molar-refractivity contribution in [2.24, 2.45) is 0 Å². The lowest BCUT2D eigenvalue weighted by atomic mass is 10.2. The molecule has 0 unspecified atom stereocenters. The van der Waals surface area contributed by atoms with E-state index in [1.807, 2.05) is 0 Å². The van der Waals surface area contributed by atoms with Gasteiger partial charge in [0.2, 0.25) is 0 Å². The molecular weight excluding hydrogens is 377 g/mol. The molecule has 0 aliphatic heterocycles. The Balaban J connectivity index is 3.37. The van der Waals surface area contributed by atoms with Gasteiger partial charge >= 0.3 is 12.3 Å². The van der Waals surface area contributed by atoms with E-state index < -0.39 is 23.6 Å². The van der Waals surface area contributed by atoms with E-state index in [0.717, 1.165) is 6.07 Å². The first kappa shape index (κ1) is 14.3. The van der Waals surface area contributed by atoms with Gasteiger partial charge in [0.15, 0.2) is 5.75 Å². The molecule has 0 fully saturated rings. The fourth-order valence-electron chi connectivity index (χ4n) is 1.03. The van der Waals surface area contributed by atoms with Crippen LogP contribution in [-0.2, 0) is 5.88 Å². The van der Waals surface area contributed by atoms with Crippen molar-refractivity contribution >= 4 is 40.2 Å². The number of nitrogens with zero attached hydrogens (tertiary/aromatic N) is 1. The van der Waals surface area contributed by atoms with E-state index in [2.05, 4.69) is 9.72 Å². The number of carbonyl (C=O) groups is 1. The van der Waals surface area contributed by atoms with Crippen LogP contribution < -0.4 is 4.74 Å². The molecule has 0 saturated heterocycles. The third-order valence-corrected chi connectivity index (χ3v) is 2.39. The third-order valence-electron chi connectivity index (χ3n) is 1.59. The van der Waals surface area contributed by atoms with Crippen LogP contribution in [0.2, 0.25) is 0 Å². The molecule has 0 bridgehead atoms. The number of aromatic nitrogens is 1. The lowest BCUT2D eigenvalue weighted by molar-refractivity contribution is -0.275. The van der Waals surface area contributed by atoms with Gasteiger partial charge in [-0.1, -0.05) is 0 Å². The highest BCUT2D eigenvalue weighted by atomic mass is 127. The minimum absolute atomic E-state index is 0.213. The zero-order valence-electron chi connectivity index (χ0n) is 7.89. The molecule has 4 nitrogen and oxygen atoms in total. The molecule has 1 rings (SSSR count). The van der Waals surface area contributed by atoms with Crippen molar-refractivity contribution in [1.82, 2.24) is 4.98 Å². The predicted molar refractivity (Wildman–Crippen MR) is 60.2 cm³/mol. The number of pyridine rings is 1. The summed E-state index contributed by atoms with van der Waals surface area (Å²) in [6, 6.07) is 0.972. The van der Waals surface area contributed by atoms with Crippen LogP contribution in [0.1, 0.15) is 16.1 Å². The summed E-state index contributed by atoms with van der Waals surface area (Å²) in [5, 5.41) is 8.79. The standard InChI is InChI=1S/C8H4ClF3INO3/c9-2-4-6(17-8(10,11)12)3(7(15)16)1-5(13)14-4/h1H,2H2,(H,15,16). The average molecular weight is 381 g/mol. The number of carboxylic acid groups (broad SMARTS) is 1. The Morgan fingerprint density at radius 3 is 2.59 bits per heavy atom. The normalized spacial score (nSPS) is 11.4. The fourth-order valence-corrected chi connectivity index (χ4v) is 1.81. The Morgan fingerprint density at radius 2 is 2.18 bits per heavy atom. The van der Waals surface area contributed by atoms with Gasteiger partial charge in [0, 0.05) is 0 Å². The molecule has 0 aliphatic carbocycles. The number of alkyl halides is 4. The minimum Gasteiger partial charge on any atom is -0.478 e. The average Bonchev–Trinajstić information content (AvgIpc) is 2.17. The molecule has 1 heterocycles. The zero-order valence-corrected chi connectivity index (χ0v) is 10.8. The van der Waals surface area contributed by atoms with E-state index in [4.69, 9.17) is 16.7 Å². The molecule has 0 radical (unpaired) electrons. The molecule has 0 saturated carbocycles. The van der Waals surface area contributed by atoms with Crippen LogP contribution in [0.5, 0.6) is 5.75 Å².